The van der Waals surface area contributed by atoms with E-state index < -0.39 is 20.0 Å². The molecule has 3 aromatic rings. The van der Waals surface area contributed by atoms with E-state index >= 15 is 0 Å². The molecule has 1 saturated heterocycles. The SMILES string of the molecule is Cc1n[nH]c(C)c1S(=O)(=O)N1CCCN(S(=O)(=O)c2ccc(-c3ccccc3)cc2)CC1. The molecule has 0 saturated carbocycles. The zero-order chi connectivity index (χ0) is 22.9. The minimum absolute atomic E-state index is 0.0910. The van der Waals surface area contributed by atoms with Gasteiger partial charge in [-0.3, -0.25) is 5.10 Å². The highest BCUT2D eigenvalue weighted by Crippen LogP contribution is 2.26. The molecule has 10 heteroatoms. The summed E-state index contributed by atoms with van der Waals surface area (Å²) in [6, 6.07) is 16.5. The predicted molar refractivity (Wildman–Crippen MR) is 122 cm³/mol. The van der Waals surface area contributed by atoms with Gasteiger partial charge in [-0.2, -0.15) is 13.7 Å². The number of nitrogens with one attached hydrogen (secondary N) is 1. The van der Waals surface area contributed by atoms with Crippen molar-refractivity contribution in [2.24, 2.45) is 0 Å². The fraction of sp³-hybridized carbons (Fsp3) is 0.318. The topological polar surface area (TPSA) is 103 Å². The van der Waals surface area contributed by atoms with Crippen LogP contribution in [0.3, 0.4) is 0 Å². The van der Waals surface area contributed by atoms with Gasteiger partial charge in [0.05, 0.1) is 16.3 Å². The third-order valence-electron chi connectivity index (χ3n) is 5.67. The average Bonchev–Trinajstić information content (AvgIpc) is 2.98. The summed E-state index contributed by atoms with van der Waals surface area (Å²) in [5.41, 5.74) is 2.84. The van der Waals surface area contributed by atoms with Gasteiger partial charge in [-0.05, 0) is 43.5 Å². The van der Waals surface area contributed by atoms with E-state index in [1.165, 1.54) is 8.61 Å². The lowest BCUT2D eigenvalue weighted by atomic mass is 10.1. The number of H-pyrrole nitrogens is 1. The van der Waals surface area contributed by atoms with Crippen LogP contribution in [0.1, 0.15) is 17.8 Å². The molecule has 8 nitrogen and oxygen atoms in total. The Balaban J connectivity index is 1.53. The Morgan fingerprint density at radius 2 is 1.31 bits per heavy atom. The van der Waals surface area contributed by atoms with E-state index in [1.807, 2.05) is 30.3 Å². The second-order valence-electron chi connectivity index (χ2n) is 7.82. The maximum Gasteiger partial charge on any atom is 0.246 e. The molecule has 1 aromatic heterocycles. The van der Waals surface area contributed by atoms with Crippen molar-refractivity contribution < 1.29 is 16.8 Å². The Labute approximate surface area is 189 Å². The summed E-state index contributed by atoms with van der Waals surface area (Å²) in [5, 5.41) is 6.69. The van der Waals surface area contributed by atoms with Crippen molar-refractivity contribution in [1.29, 1.82) is 0 Å². The lowest BCUT2D eigenvalue weighted by Crippen LogP contribution is -2.37. The van der Waals surface area contributed by atoms with Gasteiger partial charge in [-0.25, -0.2) is 16.8 Å². The van der Waals surface area contributed by atoms with Crippen molar-refractivity contribution in [2.75, 3.05) is 26.2 Å². The van der Waals surface area contributed by atoms with Crippen molar-refractivity contribution >= 4 is 20.0 Å². The summed E-state index contributed by atoms with van der Waals surface area (Å²) in [6.07, 6.45) is 0.413. The van der Waals surface area contributed by atoms with Crippen LogP contribution in [-0.2, 0) is 20.0 Å². The molecule has 1 N–H and O–H groups in total. The van der Waals surface area contributed by atoms with Crippen molar-refractivity contribution in [3.8, 4) is 11.1 Å². The normalized spacial score (nSPS) is 16.7. The quantitative estimate of drug-likeness (QED) is 0.612. The van der Waals surface area contributed by atoms with Crippen LogP contribution < -0.4 is 0 Å². The second-order valence-corrected chi connectivity index (χ2v) is 11.6. The third kappa shape index (κ3) is 4.23. The summed E-state index contributed by atoms with van der Waals surface area (Å²) in [6.45, 7) is 4.01. The van der Waals surface area contributed by atoms with Gasteiger partial charge in [0, 0.05) is 26.2 Å². The number of sulfonamides is 2. The van der Waals surface area contributed by atoms with Crippen LogP contribution >= 0.6 is 0 Å². The number of benzene rings is 2. The van der Waals surface area contributed by atoms with Gasteiger partial charge in [0.15, 0.2) is 0 Å². The molecule has 0 atom stereocenters. The average molecular weight is 475 g/mol. The number of aryl methyl sites for hydroxylation is 2. The van der Waals surface area contributed by atoms with Crippen LogP contribution in [0.25, 0.3) is 11.1 Å². The number of aromatic nitrogens is 2. The predicted octanol–water partition coefficient (Wildman–Crippen LogP) is 2.78. The van der Waals surface area contributed by atoms with Gasteiger partial charge in [-0.15, -0.1) is 0 Å². The Bertz CT molecular complexity index is 1280. The molecule has 2 aromatic carbocycles. The van der Waals surface area contributed by atoms with Crippen LogP contribution in [0.4, 0.5) is 0 Å². The first-order valence-corrected chi connectivity index (χ1v) is 13.3. The highest BCUT2D eigenvalue weighted by atomic mass is 32.2. The summed E-state index contributed by atoms with van der Waals surface area (Å²) in [7, 11) is -7.49. The first-order valence-electron chi connectivity index (χ1n) is 10.4. The van der Waals surface area contributed by atoms with Crippen LogP contribution in [0, 0.1) is 13.8 Å². The third-order valence-corrected chi connectivity index (χ3v) is 9.75. The first kappa shape index (κ1) is 22.7. The van der Waals surface area contributed by atoms with Gasteiger partial charge < -0.3 is 0 Å². The van der Waals surface area contributed by atoms with E-state index in [0.717, 1.165) is 11.1 Å². The van der Waals surface area contributed by atoms with Crippen LogP contribution in [0.15, 0.2) is 64.4 Å². The molecule has 0 amide bonds. The molecule has 1 aliphatic rings. The van der Waals surface area contributed by atoms with Crippen molar-refractivity contribution in [2.45, 2.75) is 30.1 Å². The molecule has 1 aliphatic heterocycles. The van der Waals surface area contributed by atoms with Crippen LogP contribution in [0.5, 0.6) is 0 Å². The fourth-order valence-corrected chi connectivity index (χ4v) is 7.27. The highest BCUT2D eigenvalue weighted by molar-refractivity contribution is 7.89. The molecular weight excluding hydrogens is 448 g/mol. The summed E-state index contributed by atoms with van der Waals surface area (Å²) >= 11 is 0. The maximum atomic E-state index is 13.2. The minimum Gasteiger partial charge on any atom is -0.281 e. The van der Waals surface area contributed by atoms with E-state index in [2.05, 4.69) is 10.2 Å². The molecule has 2 heterocycles. The van der Waals surface area contributed by atoms with Gasteiger partial charge in [0.25, 0.3) is 0 Å². The van der Waals surface area contributed by atoms with Gasteiger partial charge in [-0.1, -0.05) is 42.5 Å². The Morgan fingerprint density at radius 3 is 1.88 bits per heavy atom. The molecule has 0 radical (unpaired) electrons. The van der Waals surface area contributed by atoms with E-state index in [-0.39, 0.29) is 36.0 Å². The summed E-state index contributed by atoms with van der Waals surface area (Å²) in [5.74, 6) is 0. The molecule has 0 unspecified atom stereocenters. The van der Waals surface area contributed by atoms with Crippen molar-refractivity contribution in [3.63, 3.8) is 0 Å². The van der Waals surface area contributed by atoms with E-state index in [1.54, 1.807) is 38.1 Å². The van der Waals surface area contributed by atoms with Crippen molar-refractivity contribution in [3.05, 3.63) is 66.0 Å². The summed E-state index contributed by atoms with van der Waals surface area (Å²) < 4.78 is 55.4. The Hall–Kier alpha value is -2.53. The lowest BCUT2D eigenvalue weighted by Gasteiger charge is -2.22. The molecule has 170 valence electrons. The first-order chi connectivity index (χ1) is 15.2. The van der Waals surface area contributed by atoms with Gasteiger partial charge >= 0.3 is 0 Å². The molecule has 0 bridgehead atoms. The fourth-order valence-electron chi connectivity index (χ4n) is 4.00. The lowest BCUT2D eigenvalue weighted by molar-refractivity contribution is 0.404. The molecule has 0 spiro atoms. The zero-order valence-electron chi connectivity index (χ0n) is 18.0. The monoisotopic (exact) mass is 474 g/mol. The summed E-state index contributed by atoms with van der Waals surface area (Å²) in [4.78, 5) is 0.375. The van der Waals surface area contributed by atoms with E-state index in [0.29, 0.717) is 17.8 Å². The molecule has 32 heavy (non-hydrogen) atoms. The Morgan fingerprint density at radius 1 is 0.750 bits per heavy atom. The smallest absolute Gasteiger partial charge is 0.246 e. The van der Waals surface area contributed by atoms with Crippen LogP contribution in [-0.4, -0.2) is 61.8 Å². The molecule has 0 aliphatic carbocycles. The zero-order valence-corrected chi connectivity index (χ0v) is 19.7. The molecular formula is C22H26N4O4S2. The number of aromatic amines is 1. The van der Waals surface area contributed by atoms with Crippen molar-refractivity contribution in [1.82, 2.24) is 18.8 Å². The van der Waals surface area contributed by atoms with Crippen LogP contribution in [0.2, 0.25) is 0 Å². The molecule has 4 rings (SSSR count). The maximum absolute atomic E-state index is 13.2. The van der Waals surface area contributed by atoms with E-state index in [9.17, 15) is 16.8 Å². The van der Waals surface area contributed by atoms with Gasteiger partial charge in [0.1, 0.15) is 4.90 Å². The highest BCUT2D eigenvalue weighted by Gasteiger charge is 2.34. The number of hydrogen-bond donors (Lipinski definition) is 1. The van der Waals surface area contributed by atoms with E-state index in [4.69, 9.17) is 0 Å². The molecule has 1 fully saturated rings. The largest absolute Gasteiger partial charge is 0.281 e. The number of rotatable bonds is 5. The standard InChI is InChI=1S/C22H26N4O4S2/c1-17-22(18(2)24-23-17)32(29,30)26-14-6-13-25(15-16-26)31(27,28)21-11-9-20(10-12-21)19-7-4-3-5-8-19/h3-5,7-12H,6,13-16H2,1-2H3,(H,23,24). The number of hydrogen-bond acceptors (Lipinski definition) is 5. The second kappa shape index (κ2) is 8.78. The number of nitrogens with zero attached hydrogens (tertiary/aromatic N) is 3. The van der Waals surface area contributed by atoms with Gasteiger partial charge in [0.2, 0.25) is 20.0 Å². The Kier molecular flexibility index (Phi) is 6.22. The minimum atomic E-state index is -3.76.